The minimum Gasteiger partial charge on any atom is -0.330 e. The average Bonchev–Trinajstić information content (AvgIpc) is 2.19. The molecule has 0 aromatic carbocycles. The Morgan fingerprint density at radius 1 is 1.21 bits per heavy atom. The van der Waals surface area contributed by atoms with E-state index in [0.717, 1.165) is 31.4 Å². The van der Waals surface area contributed by atoms with Gasteiger partial charge in [0.05, 0.1) is 0 Å². The molecule has 0 unspecified atom stereocenters. The summed E-state index contributed by atoms with van der Waals surface area (Å²) in [6.07, 6.45) is 6.70. The van der Waals surface area contributed by atoms with Crippen molar-refractivity contribution in [3.8, 4) is 0 Å². The molecule has 0 amide bonds. The summed E-state index contributed by atoms with van der Waals surface area (Å²) < 4.78 is 0. The van der Waals surface area contributed by atoms with Gasteiger partial charge < -0.3 is 11.5 Å². The normalized spacial score (nSPS) is 11.9. The van der Waals surface area contributed by atoms with Crippen molar-refractivity contribution in [2.45, 2.75) is 25.3 Å². The van der Waals surface area contributed by atoms with Crippen LogP contribution in [0.15, 0.2) is 24.5 Å². The summed E-state index contributed by atoms with van der Waals surface area (Å²) in [5, 5.41) is 0. The molecule has 0 fully saturated rings. The van der Waals surface area contributed by atoms with Gasteiger partial charge in [-0.2, -0.15) is 0 Å². The lowest BCUT2D eigenvalue weighted by Gasteiger charge is -2.10. The molecule has 0 aliphatic heterocycles. The molecule has 0 aliphatic carbocycles. The lowest BCUT2D eigenvalue weighted by atomic mass is 10.0. The summed E-state index contributed by atoms with van der Waals surface area (Å²) in [5.41, 5.74) is 12.5. The van der Waals surface area contributed by atoms with Crippen molar-refractivity contribution in [1.29, 1.82) is 0 Å². The van der Waals surface area contributed by atoms with E-state index in [-0.39, 0.29) is 18.4 Å². The summed E-state index contributed by atoms with van der Waals surface area (Å²) in [7, 11) is 0. The molecule has 4 N–H and O–H groups in total. The molecule has 4 heteroatoms. The van der Waals surface area contributed by atoms with E-state index in [4.69, 9.17) is 11.5 Å². The number of hydrogen-bond acceptors (Lipinski definition) is 3. The molecule has 0 saturated carbocycles. The van der Waals surface area contributed by atoms with Crippen LogP contribution < -0.4 is 11.5 Å². The third-order valence-electron chi connectivity index (χ3n) is 2.10. The van der Waals surface area contributed by atoms with Crippen molar-refractivity contribution < 1.29 is 0 Å². The van der Waals surface area contributed by atoms with E-state index in [2.05, 4.69) is 4.98 Å². The van der Waals surface area contributed by atoms with Gasteiger partial charge in [-0.1, -0.05) is 6.42 Å². The predicted octanol–water partition coefficient (Wildman–Crippen LogP) is 1.63. The summed E-state index contributed by atoms with van der Waals surface area (Å²) in [4.78, 5) is 3.95. The monoisotopic (exact) mass is 215 g/mol. The number of hydrogen-bond donors (Lipinski definition) is 2. The first-order valence-corrected chi connectivity index (χ1v) is 4.70. The average molecular weight is 216 g/mol. The number of nitrogens with zero attached hydrogens (tertiary/aromatic N) is 1. The fourth-order valence-corrected chi connectivity index (χ4v) is 1.29. The molecule has 0 bridgehead atoms. The Morgan fingerprint density at radius 3 is 2.43 bits per heavy atom. The molecule has 1 atom stereocenters. The minimum absolute atomic E-state index is 0. The van der Waals surface area contributed by atoms with Crippen LogP contribution >= 0.6 is 12.4 Å². The number of nitrogens with two attached hydrogens (primary N) is 2. The SMILES string of the molecule is Cl.NCCCC[C@H](N)c1ccncc1. The van der Waals surface area contributed by atoms with E-state index in [1.807, 2.05) is 12.1 Å². The van der Waals surface area contributed by atoms with Gasteiger partial charge in [0, 0.05) is 18.4 Å². The Bertz CT molecular complexity index is 228. The fraction of sp³-hybridized carbons (Fsp3) is 0.500. The Labute approximate surface area is 91.3 Å². The second kappa shape index (κ2) is 7.74. The molecule has 1 heterocycles. The van der Waals surface area contributed by atoms with E-state index in [0.29, 0.717) is 0 Å². The van der Waals surface area contributed by atoms with Crippen molar-refractivity contribution in [3.05, 3.63) is 30.1 Å². The van der Waals surface area contributed by atoms with Gasteiger partial charge in [0.1, 0.15) is 0 Å². The number of halogens is 1. The van der Waals surface area contributed by atoms with E-state index < -0.39 is 0 Å². The first-order chi connectivity index (χ1) is 6.34. The zero-order valence-electron chi connectivity index (χ0n) is 8.23. The van der Waals surface area contributed by atoms with Gasteiger partial charge in [0.2, 0.25) is 0 Å². The molecule has 0 radical (unpaired) electrons. The van der Waals surface area contributed by atoms with Gasteiger partial charge in [0.15, 0.2) is 0 Å². The molecule has 0 saturated heterocycles. The maximum atomic E-state index is 5.97. The predicted molar refractivity (Wildman–Crippen MR) is 61.3 cm³/mol. The summed E-state index contributed by atoms with van der Waals surface area (Å²) in [6.45, 7) is 0.753. The van der Waals surface area contributed by atoms with Gasteiger partial charge in [-0.25, -0.2) is 0 Å². The maximum Gasteiger partial charge on any atom is 0.0295 e. The van der Waals surface area contributed by atoms with Crippen molar-refractivity contribution in [1.82, 2.24) is 4.98 Å². The van der Waals surface area contributed by atoms with Crippen LogP contribution in [0.3, 0.4) is 0 Å². The summed E-state index contributed by atoms with van der Waals surface area (Å²) in [5.74, 6) is 0. The van der Waals surface area contributed by atoms with Gasteiger partial charge >= 0.3 is 0 Å². The molecule has 3 nitrogen and oxygen atoms in total. The van der Waals surface area contributed by atoms with E-state index in [9.17, 15) is 0 Å². The Hall–Kier alpha value is -0.640. The van der Waals surface area contributed by atoms with Gasteiger partial charge in [-0.05, 0) is 37.1 Å². The molecule has 0 spiro atoms. The smallest absolute Gasteiger partial charge is 0.0295 e. The molecular weight excluding hydrogens is 198 g/mol. The molecule has 1 rings (SSSR count). The number of pyridine rings is 1. The molecule has 1 aromatic rings. The molecule has 1 aromatic heterocycles. The highest BCUT2D eigenvalue weighted by Crippen LogP contribution is 2.14. The Morgan fingerprint density at radius 2 is 1.86 bits per heavy atom. The van der Waals surface area contributed by atoms with E-state index in [1.165, 1.54) is 0 Å². The first kappa shape index (κ1) is 13.4. The van der Waals surface area contributed by atoms with Gasteiger partial charge in [-0.3, -0.25) is 4.98 Å². The molecular formula is C10H18ClN3. The highest BCUT2D eigenvalue weighted by molar-refractivity contribution is 5.85. The van der Waals surface area contributed by atoms with Crippen molar-refractivity contribution in [2.75, 3.05) is 6.54 Å². The molecule has 80 valence electrons. The number of aromatic nitrogens is 1. The van der Waals surface area contributed by atoms with E-state index >= 15 is 0 Å². The quantitative estimate of drug-likeness (QED) is 0.734. The largest absolute Gasteiger partial charge is 0.330 e. The summed E-state index contributed by atoms with van der Waals surface area (Å²) in [6, 6.07) is 4.06. The topological polar surface area (TPSA) is 64.9 Å². The van der Waals surface area contributed by atoms with Crippen molar-refractivity contribution in [3.63, 3.8) is 0 Å². The lowest BCUT2D eigenvalue weighted by molar-refractivity contribution is 0.590. The molecule has 14 heavy (non-hydrogen) atoms. The summed E-state index contributed by atoms with van der Waals surface area (Å²) >= 11 is 0. The van der Waals surface area contributed by atoms with Crippen LogP contribution in [0.4, 0.5) is 0 Å². The maximum absolute atomic E-state index is 5.97. The molecule has 0 aliphatic rings. The van der Waals surface area contributed by atoms with Gasteiger partial charge in [0.25, 0.3) is 0 Å². The van der Waals surface area contributed by atoms with Gasteiger partial charge in [-0.15, -0.1) is 12.4 Å². The second-order valence-corrected chi connectivity index (χ2v) is 3.17. The zero-order valence-corrected chi connectivity index (χ0v) is 9.04. The Kier molecular flexibility index (Phi) is 7.38. The number of unbranched alkanes of at least 4 members (excludes halogenated alkanes) is 1. The van der Waals surface area contributed by atoms with Crippen molar-refractivity contribution >= 4 is 12.4 Å². The standard InChI is InChI=1S/C10H17N3.ClH/c11-6-2-1-3-10(12)9-4-7-13-8-5-9;/h4-5,7-8,10H,1-3,6,11-12H2;1H/t10-;/m0./s1. The highest BCUT2D eigenvalue weighted by Gasteiger charge is 2.03. The second-order valence-electron chi connectivity index (χ2n) is 3.17. The lowest BCUT2D eigenvalue weighted by Crippen LogP contribution is -2.10. The van der Waals surface area contributed by atoms with Crippen LogP contribution in [0.5, 0.6) is 0 Å². The minimum atomic E-state index is 0. The van der Waals surface area contributed by atoms with Crippen LogP contribution in [0, 0.1) is 0 Å². The fourth-order valence-electron chi connectivity index (χ4n) is 1.29. The van der Waals surface area contributed by atoms with Crippen LogP contribution in [0.1, 0.15) is 30.9 Å². The van der Waals surface area contributed by atoms with E-state index in [1.54, 1.807) is 12.4 Å². The van der Waals surface area contributed by atoms with Crippen LogP contribution in [0.25, 0.3) is 0 Å². The third-order valence-corrected chi connectivity index (χ3v) is 2.10. The first-order valence-electron chi connectivity index (χ1n) is 4.70. The van der Waals surface area contributed by atoms with Crippen LogP contribution in [-0.4, -0.2) is 11.5 Å². The zero-order chi connectivity index (χ0) is 9.52. The van der Waals surface area contributed by atoms with Crippen molar-refractivity contribution in [2.24, 2.45) is 11.5 Å². The van der Waals surface area contributed by atoms with Crippen LogP contribution in [-0.2, 0) is 0 Å². The Balaban J connectivity index is 0.00000169. The highest BCUT2D eigenvalue weighted by atomic mass is 35.5. The van der Waals surface area contributed by atoms with Crippen LogP contribution in [0.2, 0.25) is 0 Å². The number of rotatable bonds is 5. The third kappa shape index (κ3) is 4.56.